The first-order chi connectivity index (χ1) is 10.1. The van der Waals surface area contributed by atoms with Crippen molar-refractivity contribution in [2.45, 2.75) is 60.5 Å². The molecule has 0 aliphatic heterocycles. The number of carbonyl (C=O) groups excluding carboxylic acids is 1. The van der Waals surface area contributed by atoms with E-state index in [0.717, 1.165) is 6.42 Å². The number of aryl methyl sites for hydroxylation is 2. The summed E-state index contributed by atoms with van der Waals surface area (Å²) in [6.07, 6.45) is 4.68. The minimum atomic E-state index is -0.451. The van der Waals surface area contributed by atoms with E-state index in [1.165, 1.54) is 27.8 Å². The molecule has 0 aliphatic carbocycles. The molecule has 0 bridgehead atoms. The van der Waals surface area contributed by atoms with E-state index in [2.05, 4.69) is 51.2 Å². The molecule has 1 N–H and O–H groups in total. The lowest BCUT2D eigenvalue weighted by Crippen LogP contribution is -2.32. The van der Waals surface area contributed by atoms with Crippen LogP contribution in [0.1, 0.15) is 55.0 Å². The van der Waals surface area contributed by atoms with Gasteiger partial charge in [-0.05, 0) is 82.7 Å². The quantitative estimate of drug-likeness (QED) is 0.808. The Morgan fingerprint density at radius 2 is 1.68 bits per heavy atom. The third-order valence-corrected chi connectivity index (χ3v) is 3.69. The van der Waals surface area contributed by atoms with Crippen LogP contribution in [-0.4, -0.2) is 18.2 Å². The maximum Gasteiger partial charge on any atom is 0.407 e. The van der Waals surface area contributed by atoms with Gasteiger partial charge in [-0.1, -0.05) is 18.2 Å². The molecule has 22 heavy (non-hydrogen) atoms. The second-order valence-electron chi connectivity index (χ2n) is 6.79. The van der Waals surface area contributed by atoms with Crippen LogP contribution in [0.2, 0.25) is 0 Å². The smallest absolute Gasteiger partial charge is 0.407 e. The first kappa shape index (κ1) is 18.3. The molecule has 122 valence electrons. The van der Waals surface area contributed by atoms with Gasteiger partial charge in [0.05, 0.1) is 0 Å². The standard InChI is InChI=1S/C19H29NO2/c1-13-12-14(2)16(4)17(15(13)3)10-8-9-11-20-18(21)22-19(5,6)7/h8,10,12H,9,11H2,1-7H3,(H,20,21). The molecule has 3 heteroatoms. The molecule has 3 nitrogen and oxygen atoms in total. The maximum atomic E-state index is 11.5. The van der Waals surface area contributed by atoms with Crippen molar-refractivity contribution in [3.8, 4) is 0 Å². The van der Waals surface area contributed by atoms with E-state index in [9.17, 15) is 4.79 Å². The minimum absolute atomic E-state index is 0.361. The van der Waals surface area contributed by atoms with E-state index < -0.39 is 5.60 Å². The van der Waals surface area contributed by atoms with Gasteiger partial charge in [-0.25, -0.2) is 4.79 Å². The van der Waals surface area contributed by atoms with Gasteiger partial charge < -0.3 is 10.1 Å². The summed E-state index contributed by atoms with van der Waals surface area (Å²) >= 11 is 0. The largest absolute Gasteiger partial charge is 0.444 e. The summed E-state index contributed by atoms with van der Waals surface area (Å²) in [4.78, 5) is 11.5. The highest BCUT2D eigenvalue weighted by molar-refractivity contribution is 5.67. The average molecular weight is 303 g/mol. The van der Waals surface area contributed by atoms with Crippen molar-refractivity contribution in [1.29, 1.82) is 0 Å². The predicted molar refractivity (Wildman–Crippen MR) is 93.3 cm³/mol. The molecular weight excluding hydrogens is 274 g/mol. The monoisotopic (exact) mass is 303 g/mol. The second kappa shape index (κ2) is 7.48. The van der Waals surface area contributed by atoms with E-state index >= 15 is 0 Å². The van der Waals surface area contributed by atoms with Gasteiger partial charge in [0.2, 0.25) is 0 Å². The van der Waals surface area contributed by atoms with Gasteiger partial charge in [-0.3, -0.25) is 0 Å². The summed E-state index contributed by atoms with van der Waals surface area (Å²) in [5.41, 5.74) is 6.10. The summed E-state index contributed by atoms with van der Waals surface area (Å²) in [6.45, 7) is 14.7. The maximum absolute atomic E-state index is 11.5. The lowest BCUT2D eigenvalue weighted by Gasteiger charge is -2.19. The fourth-order valence-corrected chi connectivity index (χ4v) is 2.27. The summed E-state index contributed by atoms with van der Waals surface area (Å²) in [6, 6.07) is 2.23. The fraction of sp³-hybridized carbons (Fsp3) is 0.526. The highest BCUT2D eigenvalue weighted by Gasteiger charge is 2.15. The third-order valence-electron chi connectivity index (χ3n) is 3.69. The Morgan fingerprint density at radius 1 is 1.14 bits per heavy atom. The number of alkyl carbamates (subject to hydrolysis) is 1. The molecule has 0 heterocycles. The Bertz CT molecular complexity index is 540. The average Bonchev–Trinajstić information content (AvgIpc) is 2.37. The van der Waals surface area contributed by atoms with Gasteiger partial charge in [-0.15, -0.1) is 0 Å². The number of hydrogen-bond donors (Lipinski definition) is 1. The van der Waals surface area contributed by atoms with Gasteiger partial charge in [0.1, 0.15) is 5.60 Å². The van der Waals surface area contributed by atoms with Crippen LogP contribution in [0.4, 0.5) is 4.79 Å². The molecule has 0 aliphatic rings. The lowest BCUT2D eigenvalue weighted by atomic mass is 9.94. The van der Waals surface area contributed by atoms with E-state index in [0.29, 0.717) is 6.54 Å². The Balaban J connectivity index is 2.56. The van der Waals surface area contributed by atoms with E-state index in [4.69, 9.17) is 4.74 Å². The molecule has 1 aromatic carbocycles. The Kier molecular flexibility index (Phi) is 6.21. The first-order valence-electron chi connectivity index (χ1n) is 7.82. The molecule has 0 aromatic heterocycles. The third kappa shape index (κ3) is 5.55. The molecule has 0 atom stereocenters. The predicted octanol–water partition coefficient (Wildman–Crippen LogP) is 4.85. The van der Waals surface area contributed by atoms with Gasteiger partial charge in [0, 0.05) is 6.54 Å². The summed E-state index contributed by atoms with van der Waals surface area (Å²) in [7, 11) is 0. The zero-order chi connectivity index (χ0) is 16.9. The van der Waals surface area contributed by atoms with E-state index in [1.807, 2.05) is 20.8 Å². The van der Waals surface area contributed by atoms with Crippen molar-refractivity contribution in [2.75, 3.05) is 6.54 Å². The molecule has 1 rings (SSSR count). The molecule has 0 unspecified atom stereocenters. The molecule has 0 saturated carbocycles. The lowest BCUT2D eigenvalue weighted by molar-refractivity contribution is 0.0529. The number of benzene rings is 1. The second-order valence-corrected chi connectivity index (χ2v) is 6.79. The summed E-state index contributed by atoms with van der Waals surface area (Å²) in [5, 5.41) is 2.77. The number of nitrogens with one attached hydrogen (secondary N) is 1. The number of amides is 1. The van der Waals surface area contributed by atoms with Crippen LogP contribution in [0.5, 0.6) is 0 Å². The molecule has 1 amide bonds. The highest BCUT2D eigenvalue weighted by atomic mass is 16.6. The topological polar surface area (TPSA) is 38.3 Å². The van der Waals surface area contributed by atoms with Crippen molar-refractivity contribution in [3.05, 3.63) is 40.0 Å². The summed E-state index contributed by atoms with van der Waals surface area (Å²) in [5.74, 6) is 0. The number of ether oxygens (including phenoxy) is 1. The zero-order valence-electron chi connectivity index (χ0n) is 15.0. The Labute approximate surface area is 134 Å². The van der Waals surface area contributed by atoms with Gasteiger partial charge in [0.25, 0.3) is 0 Å². The van der Waals surface area contributed by atoms with Crippen LogP contribution in [0, 0.1) is 27.7 Å². The highest BCUT2D eigenvalue weighted by Crippen LogP contribution is 2.22. The van der Waals surface area contributed by atoms with Crippen LogP contribution >= 0.6 is 0 Å². The van der Waals surface area contributed by atoms with E-state index in [1.54, 1.807) is 0 Å². The zero-order valence-corrected chi connectivity index (χ0v) is 15.0. The van der Waals surface area contributed by atoms with Crippen molar-refractivity contribution >= 4 is 12.2 Å². The SMILES string of the molecule is Cc1cc(C)c(C)c(C=CCCNC(=O)OC(C)(C)C)c1C. The van der Waals surface area contributed by atoms with E-state index in [-0.39, 0.29) is 6.09 Å². The molecule has 0 fully saturated rings. The first-order valence-corrected chi connectivity index (χ1v) is 7.82. The van der Waals surface area contributed by atoms with Crippen molar-refractivity contribution in [3.63, 3.8) is 0 Å². The Hall–Kier alpha value is -1.77. The minimum Gasteiger partial charge on any atom is -0.444 e. The fourth-order valence-electron chi connectivity index (χ4n) is 2.27. The van der Waals surface area contributed by atoms with Crippen molar-refractivity contribution in [2.24, 2.45) is 0 Å². The molecule has 1 aromatic rings. The van der Waals surface area contributed by atoms with Crippen LogP contribution in [0.25, 0.3) is 6.08 Å². The van der Waals surface area contributed by atoms with Gasteiger partial charge in [0.15, 0.2) is 0 Å². The molecule has 0 saturated heterocycles. The van der Waals surface area contributed by atoms with Crippen LogP contribution in [0.3, 0.4) is 0 Å². The van der Waals surface area contributed by atoms with Crippen LogP contribution in [-0.2, 0) is 4.74 Å². The van der Waals surface area contributed by atoms with Crippen molar-refractivity contribution < 1.29 is 9.53 Å². The molecule has 0 radical (unpaired) electrons. The molecular formula is C19H29NO2. The number of hydrogen-bond acceptors (Lipinski definition) is 2. The van der Waals surface area contributed by atoms with Gasteiger partial charge >= 0.3 is 6.09 Å². The number of carbonyl (C=O) groups is 1. The van der Waals surface area contributed by atoms with Crippen LogP contribution < -0.4 is 5.32 Å². The Morgan fingerprint density at radius 3 is 2.18 bits per heavy atom. The van der Waals surface area contributed by atoms with Gasteiger partial charge in [-0.2, -0.15) is 0 Å². The normalized spacial score (nSPS) is 11.8. The summed E-state index contributed by atoms with van der Waals surface area (Å²) < 4.78 is 5.20. The van der Waals surface area contributed by atoms with Crippen molar-refractivity contribution in [1.82, 2.24) is 5.32 Å². The number of rotatable bonds is 4. The molecule has 0 spiro atoms. The van der Waals surface area contributed by atoms with Crippen LogP contribution in [0.15, 0.2) is 12.1 Å².